The van der Waals surface area contributed by atoms with Gasteiger partial charge in [-0.1, -0.05) is 17.7 Å². The highest BCUT2D eigenvalue weighted by Crippen LogP contribution is 2.27. The molecule has 1 amide bonds. The molecule has 3 aromatic rings. The highest BCUT2D eigenvalue weighted by molar-refractivity contribution is 7.98. The molecule has 0 bridgehead atoms. The zero-order valence-electron chi connectivity index (χ0n) is 20.8. The number of thioether (sulfide) groups is 1. The van der Waals surface area contributed by atoms with Gasteiger partial charge in [-0.2, -0.15) is 4.31 Å². The molecule has 4 rings (SSSR count). The molecule has 3 aromatic carbocycles. The van der Waals surface area contributed by atoms with Gasteiger partial charge < -0.3 is 5.32 Å². The van der Waals surface area contributed by atoms with Crippen molar-refractivity contribution in [1.29, 1.82) is 0 Å². The summed E-state index contributed by atoms with van der Waals surface area (Å²) in [6.07, 6.45) is 2.71. The van der Waals surface area contributed by atoms with E-state index in [0.29, 0.717) is 29.2 Å². The van der Waals surface area contributed by atoms with E-state index in [9.17, 15) is 21.6 Å². The van der Waals surface area contributed by atoms with Crippen molar-refractivity contribution in [3.05, 3.63) is 77.3 Å². The van der Waals surface area contributed by atoms with E-state index in [2.05, 4.69) is 10.0 Å². The lowest BCUT2D eigenvalue weighted by atomic mass is 9.97. The smallest absolute Gasteiger partial charge is 0.261 e. The van der Waals surface area contributed by atoms with Gasteiger partial charge in [-0.3, -0.25) is 9.52 Å². The van der Waals surface area contributed by atoms with Crippen molar-refractivity contribution < 1.29 is 21.6 Å². The van der Waals surface area contributed by atoms with Gasteiger partial charge in [0.2, 0.25) is 15.9 Å². The first kappa shape index (κ1) is 28.4. The number of hydrogen-bond acceptors (Lipinski definition) is 6. The Bertz CT molecular complexity index is 1520. The Labute approximate surface area is 232 Å². The van der Waals surface area contributed by atoms with Crippen molar-refractivity contribution in [2.45, 2.75) is 34.5 Å². The lowest BCUT2D eigenvalue weighted by Gasteiger charge is -2.30. The number of piperidine rings is 1. The molecule has 1 saturated heterocycles. The first-order valence-corrected chi connectivity index (χ1v) is 16.4. The Kier molecular flexibility index (Phi) is 8.73. The van der Waals surface area contributed by atoms with Crippen molar-refractivity contribution in [2.24, 2.45) is 5.92 Å². The number of benzene rings is 3. The summed E-state index contributed by atoms with van der Waals surface area (Å²) in [5.74, 6) is -0.578. The number of anilines is 2. The third-order valence-electron chi connectivity index (χ3n) is 6.40. The van der Waals surface area contributed by atoms with E-state index in [1.54, 1.807) is 61.2 Å². The molecule has 0 unspecified atom stereocenters. The number of hydrogen-bond donors (Lipinski definition) is 2. The summed E-state index contributed by atoms with van der Waals surface area (Å²) in [4.78, 5) is 14.1. The molecule has 1 fully saturated rings. The SMILES string of the molecule is CSc1ccc(S(=O)(=O)N2CCC(C(=O)Nc3ccc(S(=O)(=O)Nc4cc(Cl)ccc4C)cc3)CC2)cc1. The summed E-state index contributed by atoms with van der Waals surface area (Å²) in [6, 6.07) is 17.6. The molecule has 0 radical (unpaired) electrons. The molecule has 1 aliphatic heterocycles. The van der Waals surface area contributed by atoms with Crippen LogP contribution in [0.4, 0.5) is 11.4 Å². The van der Waals surface area contributed by atoms with Crippen LogP contribution in [0, 0.1) is 12.8 Å². The molecule has 0 aliphatic carbocycles. The van der Waals surface area contributed by atoms with E-state index < -0.39 is 20.0 Å². The lowest BCUT2D eigenvalue weighted by molar-refractivity contribution is -0.120. The third kappa shape index (κ3) is 6.52. The van der Waals surface area contributed by atoms with Crippen LogP contribution in [0.15, 0.2) is 81.4 Å². The third-order valence-corrected chi connectivity index (χ3v) is 10.7. The number of halogens is 1. The van der Waals surface area contributed by atoms with E-state index >= 15 is 0 Å². The maximum absolute atomic E-state index is 13.0. The Morgan fingerprint density at radius 2 is 1.53 bits per heavy atom. The monoisotopic (exact) mass is 593 g/mol. The molecule has 0 saturated carbocycles. The minimum absolute atomic E-state index is 0.0407. The van der Waals surface area contributed by atoms with Gasteiger partial charge in [0.15, 0.2) is 0 Å². The van der Waals surface area contributed by atoms with E-state index in [4.69, 9.17) is 11.6 Å². The fourth-order valence-corrected chi connectivity index (χ4v) is 7.30. The molecule has 2 N–H and O–H groups in total. The predicted octanol–water partition coefficient (Wildman–Crippen LogP) is 5.21. The zero-order chi connectivity index (χ0) is 27.5. The Morgan fingerprint density at radius 1 is 0.921 bits per heavy atom. The van der Waals surface area contributed by atoms with Crippen LogP contribution in [0.2, 0.25) is 5.02 Å². The van der Waals surface area contributed by atoms with Crippen molar-refractivity contribution in [2.75, 3.05) is 29.4 Å². The highest BCUT2D eigenvalue weighted by Gasteiger charge is 2.32. The lowest BCUT2D eigenvalue weighted by Crippen LogP contribution is -2.41. The summed E-state index contributed by atoms with van der Waals surface area (Å²) in [6.45, 7) is 2.27. The molecule has 1 heterocycles. The van der Waals surface area contributed by atoms with Crippen molar-refractivity contribution in [3.63, 3.8) is 0 Å². The van der Waals surface area contributed by atoms with Crippen molar-refractivity contribution in [3.8, 4) is 0 Å². The Balaban J connectivity index is 1.35. The second-order valence-corrected chi connectivity index (χ2v) is 13.9. The summed E-state index contributed by atoms with van der Waals surface area (Å²) >= 11 is 7.53. The van der Waals surface area contributed by atoms with Gasteiger partial charge in [0, 0.05) is 34.6 Å². The topological polar surface area (TPSA) is 113 Å². The van der Waals surface area contributed by atoms with Crippen LogP contribution >= 0.6 is 23.4 Å². The Morgan fingerprint density at radius 3 is 2.13 bits per heavy atom. The van der Waals surface area contributed by atoms with Gasteiger partial charge in [0.1, 0.15) is 0 Å². The molecule has 0 aromatic heterocycles. The fraction of sp³-hybridized carbons (Fsp3) is 0.269. The predicted molar refractivity (Wildman–Crippen MR) is 152 cm³/mol. The molecule has 0 spiro atoms. The molecule has 0 atom stereocenters. The number of carbonyl (C=O) groups excluding carboxylic acids is 1. The summed E-state index contributed by atoms with van der Waals surface area (Å²) in [7, 11) is -7.47. The Hall–Kier alpha value is -2.57. The maximum atomic E-state index is 13.0. The van der Waals surface area contributed by atoms with Crippen LogP contribution in [0.5, 0.6) is 0 Å². The molecule has 38 heavy (non-hydrogen) atoms. The van der Waals surface area contributed by atoms with Gasteiger partial charge in [0.25, 0.3) is 10.0 Å². The normalized spacial score (nSPS) is 15.2. The van der Waals surface area contributed by atoms with Gasteiger partial charge in [-0.15, -0.1) is 11.8 Å². The molecular weight excluding hydrogens is 566 g/mol. The quantitative estimate of drug-likeness (QED) is 0.347. The van der Waals surface area contributed by atoms with Gasteiger partial charge >= 0.3 is 0 Å². The maximum Gasteiger partial charge on any atom is 0.261 e. The summed E-state index contributed by atoms with van der Waals surface area (Å²) < 4.78 is 55.5. The van der Waals surface area contributed by atoms with Crippen LogP contribution in [-0.2, 0) is 24.8 Å². The second-order valence-electron chi connectivity index (χ2n) is 8.93. The second kappa shape index (κ2) is 11.7. The summed E-state index contributed by atoms with van der Waals surface area (Å²) in [5, 5.41) is 3.23. The molecule has 8 nitrogen and oxygen atoms in total. The number of aryl methyl sites for hydroxylation is 1. The van der Waals surface area contributed by atoms with E-state index in [0.717, 1.165) is 10.5 Å². The molecule has 1 aliphatic rings. The largest absolute Gasteiger partial charge is 0.326 e. The number of carbonyl (C=O) groups is 1. The highest BCUT2D eigenvalue weighted by atomic mass is 35.5. The van der Waals surface area contributed by atoms with Crippen LogP contribution < -0.4 is 10.0 Å². The minimum Gasteiger partial charge on any atom is -0.326 e. The molecule has 202 valence electrons. The van der Waals surface area contributed by atoms with Gasteiger partial charge in [-0.25, -0.2) is 16.8 Å². The van der Waals surface area contributed by atoms with Crippen LogP contribution in [-0.4, -0.2) is 46.4 Å². The average Bonchev–Trinajstić information content (AvgIpc) is 2.91. The van der Waals surface area contributed by atoms with Gasteiger partial charge in [0.05, 0.1) is 15.5 Å². The minimum atomic E-state index is -3.85. The number of sulfonamides is 2. The van der Waals surface area contributed by atoms with E-state index in [-0.39, 0.29) is 34.7 Å². The standard InChI is InChI=1S/C26H28ClN3O5S3/c1-18-3-4-20(27)17-25(18)29-37(32,33)23-9-5-21(6-10-23)28-26(31)19-13-15-30(16-14-19)38(34,35)24-11-7-22(36-2)8-12-24/h3-12,17,19,29H,13-16H2,1-2H3,(H,28,31). The zero-order valence-corrected chi connectivity index (χ0v) is 24.1. The first-order chi connectivity index (χ1) is 18.0. The van der Waals surface area contributed by atoms with E-state index in [1.165, 1.54) is 28.6 Å². The number of nitrogens with zero attached hydrogens (tertiary/aromatic N) is 1. The number of amides is 1. The molecule has 12 heteroatoms. The number of nitrogens with one attached hydrogen (secondary N) is 2. The van der Waals surface area contributed by atoms with Gasteiger partial charge in [-0.05, 0) is 92.2 Å². The van der Waals surface area contributed by atoms with Crippen molar-refractivity contribution in [1.82, 2.24) is 4.31 Å². The number of rotatable bonds is 8. The molecular formula is C26H28ClN3O5S3. The summed E-state index contributed by atoms with van der Waals surface area (Å²) in [5.41, 5.74) is 1.58. The van der Waals surface area contributed by atoms with Crippen LogP contribution in [0.1, 0.15) is 18.4 Å². The fourth-order valence-electron chi connectivity index (χ4n) is 4.12. The van der Waals surface area contributed by atoms with E-state index in [1.807, 2.05) is 6.26 Å². The van der Waals surface area contributed by atoms with Crippen molar-refractivity contribution >= 4 is 60.7 Å². The average molecular weight is 594 g/mol. The van der Waals surface area contributed by atoms with Crippen LogP contribution in [0.25, 0.3) is 0 Å². The van der Waals surface area contributed by atoms with Crippen LogP contribution in [0.3, 0.4) is 0 Å². The first-order valence-electron chi connectivity index (χ1n) is 11.8.